The van der Waals surface area contributed by atoms with Crippen LogP contribution in [-0.2, 0) is 17.9 Å². The lowest BCUT2D eigenvalue weighted by molar-refractivity contribution is -0.0149. The largest absolute Gasteiger partial charge is 0.371 e. The molecule has 2 aromatic rings. The molecule has 0 saturated heterocycles. The number of nitrogens with zero attached hydrogens (tertiary/aromatic N) is 3. The average molecular weight is 296 g/mol. The summed E-state index contributed by atoms with van der Waals surface area (Å²) in [5.41, 5.74) is 2.36. The van der Waals surface area contributed by atoms with Crippen molar-refractivity contribution in [2.75, 3.05) is 5.32 Å². The Balaban J connectivity index is 2.00. The molecule has 0 aliphatic carbocycles. The third-order valence-corrected chi connectivity index (χ3v) is 2.93. The number of hydrogen-bond acceptors (Lipinski definition) is 5. The van der Waals surface area contributed by atoms with Gasteiger partial charge in [-0.3, -0.25) is 0 Å². The zero-order valence-electron chi connectivity index (χ0n) is 13.1. The molecule has 0 aliphatic rings. The second-order valence-corrected chi connectivity index (χ2v) is 5.94. The molecule has 0 atom stereocenters. The zero-order valence-corrected chi connectivity index (χ0v) is 13.1. The molecule has 114 valence electrons. The van der Waals surface area contributed by atoms with Crippen LogP contribution in [0.5, 0.6) is 0 Å². The Morgan fingerprint density at radius 1 is 1.18 bits per heavy atom. The first-order valence-electron chi connectivity index (χ1n) is 7.15. The molecule has 22 heavy (non-hydrogen) atoms. The zero-order chi connectivity index (χ0) is 16.0. The van der Waals surface area contributed by atoms with Crippen LogP contribution in [0.4, 0.5) is 5.82 Å². The minimum Gasteiger partial charge on any atom is -0.371 e. The smallest absolute Gasteiger partial charge is 0.182 e. The normalized spacial score (nSPS) is 11.0. The number of benzene rings is 1. The van der Waals surface area contributed by atoms with Crippen molar-refractivity contribution < 1.29 is 4.74 Å². The molecule has 0 spiro atoms. The van der Waals surface area contributed by atoms with Crippen molar-refractivity contribution in [2.45, 2.75) is 39.5 Å². The highest BCUT2D eigenvalue weighted by Crippen LogP contribution is 2.14. The molecule has 5 heteroatoms. The lowest BCUT2D eigenvalue weighted by Gasteiger charge is -2.19. The van der Waals surface area contributed by atoms with Gasteiger partial charge in [-0.1, -0.05) is 24.3 Å². The van der Waals surface area contributed by atoms with Gasteiger partial charge in [-0.2, -0.15) is 5.26 Å². The topological polar surface area (TPSA) is 70.8 Å². The molecule has 0 amide bonds. The van der Waals surface area contributed by atoms with Gasteiger partial charge in [0.2, 0.25) is 0 Å². The van der Waals surface area contributed by atoms with E-state index in [0.29, 0.717) is 24.7 Å². The van der Waals surface area contributed by atoms with Crippen molar-refractivity contribution in [3.05, 3.63) is 53.5 Å². The summed E-state index contributed by atoms with van der Waals surface area (Å²) in [7, 11) is 0. The SMILES string of the molecule is CC(C)(C)OCc1cccc(CNc2nccnc2C#N)c1. The summed E-state index contributed by atoms with van der Waals surface area (Å²) in [6.07, 6.45) is 3.07. The molecule has 0 radical (unpaired) electrons. The van der Waals surface area contributed by atoms with Crippen molar-refractivity contribution in [2.24, 2.45) is 0 Å². The highest BCUT2D eigenvalue weighted by atomic mass is 16.5. The van der Waals surface area contributed by atoms with Gasteiger partial charge in [0.1, 0.15) is 6.07 Å². The summed E-state index contributed by atoms with van der Waals surface area (Å²) in [4.78, 5) is 8.11. The minimum absolute atomic E-state index is 0.157. The highest BCUT2D eigenvalue weighted by molar-refractivity contribution is 5.47. The highest BCUT2D eigenvalue weighted by Gasteiger charge is 2.10. The van der Waals surface area contributed by atoms with E-state index in [1.807, 2.05) is 45.0 Å². The molecule has 5 nitrogen and oxygen atoms in total. The Labute approximate surface area is 131 Å². The molecule has 1 heterocycles. The quantitative estimate of drug-likeness (QED) is 0.916. The van der Waals surface area contributed by atoms with Gasteiger partial charge in [0.15, 0.2) is 11.5 Å². The van der Waals surface area contributed by atoms with E-state index in [-0.39, 0.29) is 5.60 Å². The lowest BCUT2D eigenvalue weighted by atomic mass is 10.1. The van der Waals surface area contributed by atoms with Gasteiger partial charge in [0.25, 0.3) is 0 Å². The second kappa shape index (κ2) is 7.01. The average Bonchev–Trinajstić information content (AvgIpc) is 2.51. The second-order valence-electron chi connectivity index (χ2n) is 5.94. The molecule has 0 fully saturated rings. The number of ether oxygens (including phenoxy) is 1. The van der Waals surface area contributed by atoms with E-state index >= 15 is 0 Å². The van der Waals surface area contributed by atoms with Crippen molar-refractivity contribution in [1.29, 1.82) is 5.26 Å². The number of hydrogen-bond donors (Lipinski definition) is 1. The molecule has 0 bridgehead atoms. The summed E-state index contributed by atoms with van der Waals surface area (Å²) in [5, 5.41) is 12.1. The number of aromatic nitrogens is 2. The Bertz CT molecular complexity index is 671. The fourth-order valence-corrected chi connectivity index (χ4v) is 1.86. The summed E-state index contributed by atoms with van der Waals surface area (Å²) < 4.78 is 5.78. The Hall–Kier alpha value is -2.45. The molecular formula is C17H20N4O. The summed E-state index contributed by atoms with van der Waals surface area (Å²) in [5.74, 6) is 0.501. The maximum absolute atomic E-state index is 9.00. The van der Waals surface area contributed by atoms with E-state index in [1.54, 1.807) is 6.20 Å². The summed E-state index contributed by atoms with van der Waals surface area (Å²) in [6.45, 7) is 7.27. The van der Waals surface area contributed by atoms with Crippen LogP contribution in [0.1, 0.15) is 37.6 Å². The van der Waals surface area contributed by atoms with Gasteiger partial charge in [0, 0.05) is 18.9 Å². The number of anilines is 1. The van der Waals surface area contributed by atoms with E-state index < -0.39 is 0 Å². The van der Waals surface area contributed by atoms with Crippen LogP contribution in [0.3, 0.4) is 0 Å². The van der Waals surface area contributed by atoms with Crippen molar-refractivity contribution >= 4 is 5.82 Å². The lowest BCUT2D eigenvalue weighted by Crippen LogP contribution is -2.18. The standard InChI is InChI=1S/C17H20N4O/c1-17(2,3)22-12-14-6-4-5-13(9-14)11-21-16-15(10-18)19-7-8-20-16/h4-9H,11-12H2,1-3H3,(H,20,21). The van der Waals surface area contributed by atoms with Crippen LogP contribution in [0, 0.1) is 11.3 Å². The Morgan fingerprint density at radius 2 is 1.91 bits per heavy atom. The molecule has 1 aromatic carbocycles. The van der Waals surface area contributed by atoms with E-state index in [0.717, 1.165) is 11.1 Å². The predicted molar refractivity (Wildman–Crippen MR) is 85.1 cm³/mol. The minimum atomic E-state index is -0.157. The predicted octanol–water partition coefficient (Wildman–Crippen LogP) is 3.28. The van der Waals surface area contributed by atoms with Crippen LogP contribution in [0.2, 0.25) is 0 Å². The number of nitriles is 1. The van der Waals surface area contributed by atoms with Gasteiger partial charge in [-0.15, -0.1) is 0 Å². The van der Waals surface area contributed by atoms with Gasteiger partial charge < -0.3 is 10.1 Å². The van der Waals surface area contributed by atoms with Gasteiger partial charge in [0.05, 0.1) is 12.2 Å². The van der Waals surface area contributed by atoms with Crippen molar-refractivity contribution in [3.8, 4) is 6.07 Å². The van der Waals surface area contributed by atoms with Crippen LogP contribution < -0.4 is 5.32 Å². The van der Waals surface area contributed by atoms with Crippen LogP contribution >= 0.6 is 0 Å². The Kier molecular flexibility index (Phi) is 5.08. The molecule has 0 unspecified atom stereocenters. The van der Waals surface area contributed by atoms with E-state index in [1.165, 1.54) is 6.20 Å². The Morgan fingerprint density at radius 3 is 2.64 bits per heavy atom. The van der Waals surface area contributed by atoms with Gasteiger partial charge in [-0.05, 0) is 31.9 Å². The maximum Gasteiger partial charge on any atom is 0.182 e. The fourth-order valence-electron chi connectivity index (χ4n) is 1.86. The molecule has 1 N–H and O–H groups in total. The molecule has 0 saturated carbocycles. The first-order valence-corrected chi connectivity index (χ1v) is 7.15. The first-order chi connectivity index (χ1) is 10.5. The molecule has 1 aromatic heterocycles. The monoisotopic (exact) mass is 296 g/mol. The number of nitrogens with one attached hydrogen (secondary N) is 1. The molecule has 0 aliphatic heterocycles. The van der Waals surface area contributed by atoms with E-state index in [9.17, 15) is 0 Å². The summed E-state index contributed by atoms with van der Waals surface area (Å²) in [6, 6.07) is 10.2. The fraction of sp³-hybridized carbons (Fsp3) is 0.353. The number of rotatable bonds is 5. The van der Waals surface area contributed by atoms with Gasteiger partial charge in [-0.25, -0.2) is 9.97 Å². The maximum atomic E-state index is 9.00. The van der Waals surface area contributed by atoms with Crippen LogP contribution in [-0.4, -0.2) is 15.6 Å². The third kappa shape index (κ3) is 4.83. The van der Waals surface area contributed by atoms with Crippen LogP contribution in [0.15, 0.2) is 36.7 Å². The first kappa shape index (κ1) is 15.9. The molecule has 2 rings (SSSR count). The third-order valence-electron chi connectivity index (χ3n) is 2.93. The van der Waals surface area contributed by atoms with E-state index in [2.05, 4.69) is 21.4 Å². The van der Waals surface area contributed by atoms with Crippen LogP contribution in [0.25, 0.3) is 0 Å². The van der Waals surface area contributed by atoms with Crippen molar-refractivity contribution in [3.63, 3.8) is 0 Å². The van der Waals surface area contributed by atoms with Crippen molar-refractivity contribution in [1.82, 2.24) is 9.97 Å². The molecular weight excluding hydrogens is 276 g/mol. The van der Waals surface area contributed by atoms with Gasteiger partial charge >= 0.3 is 0 Å². The summed E-state index contributed by atoms with van der Waals surface area (Å²) >= 11 is 0. The van der Waals surface area contributed by atoms with E-state index in [4.69, 9.17) is 10.00 Å².